The average Bonchev–Trinajstić information content (AvgIpc) is 2.11. The summed E-state index contributed by atoms with van der Waals surface area (Å²) in [6, 6.07) is 0. The molecule has 0 saturated heterocycles. The van der Waals surface area contributed by atoms with Crippen molar-refractivity contribution in [3.05, 3.63) is 0 Å². The Morgan fingerprint density at radius 3 is 2.38 bits per heavy atom. The van der Waals surface area contributed by atoms with Crippen LogP contribution in [-0.2, 0) is 10.0 Å². The molecule has 0 unspecified atom stereocenters. The molecule has 0 amide bonds. The van der Waals surface area contributed by atoms with E-state index in [1.54, 1.807) is 0 Å². The zero-order valence-electron chi connectivity index (χ0n) is 10.4. The maximum absolute atomic E-state index is 11.9. The Hall–Kier alpha value is -0.620. The van der Waals surface area contributed by atoms with Gasteiger partial charge < -0.3 is 5.73 Å². The molecule has 0 aromatic carbocycles. The molecule has 0 aromatic rings. The number of nitrogens with zero attached hydrogens (tertiary/aromatic N) is 1. The average molecular weight is 249 g/mol. The van der Waals surface area contributed by atoms with Gasteiger partial charge in [-0.1, -0.05) is 20.8 Å². The maximum Gasteiger partial charge on any atom is 0.214 e. The van der Waals surface area contributed by atoms with Gasteiger partial charge in [0.2, 0.25) is 10.0 Å². The van der Waals surface area contributed by atoms with E-state index in [4.69, 9.17) is 11.1 Å². The predicted molar refractivity (Wildman–Crippen MR) is 67.0 cm³/mol. The molecule has 16 heavy (non-hydrogen) atoms. The SMILES string of the molecule is CCCS(=O)(=O)N(CCC(=N)N)CC(C)C. The molecule has 0 saturated carbocycles. The number of hydrogen-bond acceptors (Lipinski definition) is 3. The normalized spacial score (nSPS) is 12.3. The molecule has 0 bridgehead atoms. The third kappa shape index (κ3) is 6.07. The van der Waals surface area contributed by atoms with Crippen molar-refractivity contribution in [3.8, 4) is 0 Å². The maximum atomic E-state index is 11.9. The molecule has 0 aliphatic heterocycles. The van der Waals surface area contributed by atoms with E-state index in [0.717, 1.165) is 0 Å². The number of sulfonamides is 1. The molecule has 96 valence electrons. The predicted octanol–water partition coefficient (Wildman–Crippen LogP) is 1.01. The van der Waals surface area contributed by atoms with Crippen LogP contribution in [0.4, 0.5) is 0 Å². The van der Waals surface area contributed by atoms with E-state index in [0.29, 0.717) is 25.9 Å². The molecule has 0 aliphatic rings. The summed E-state index contributed by atoms with van der Waals surface area (Å²) in [6.07, 6.45) is 0.909. The molecule has 0 rings (SSSR count). The first-order chi connectivity index (χ1) is 7.29. The van der Waals surface area contributed by atoms with Gasteiger partial charge in [-0.25, -0.2) is 12.7 Å². The van der Waals surface area contributed by atoms with E-state index in [-0.39, 0.29) is 17.5 Å². The summed E-state index contributed by atoms with van der Waals surface area (Å²) in [5.74, 6) is 0.469. The number of nitrogens with one attached hydrogen (secondary N) is 1. The molecule has 0 radical (unpaired) electrons. The Morgan fingerprint density at radius 2 is 2.00 bits per heavy atom. The Kier molecular flexibility index (Phi) is 6.59. The van der Waals surface area contributed by atoms with Crippen LogP contribution in [0.3, 0.4) is 0 Å². The lowest BCUT2D eigenvalue weighted by Crippen LogP contribution is -2.37. The van der Waals surface area contributed by atoms with Gasteiger partial charge >= 0.3 is 0 Å². The fourth-order valence-corrected chi connectivity index (χ4v) is 3.05. The minimum Gasteiger partial charge on any atom is -0.388 e. The highest BCUT2D eigenvalue weighted by Crippen LogP contribution is 2.08. The molecule has 0 aliphatic carbocycles. The second kappa shape index (κ2) is 6.85. The highest BCUT2D eigenvalue weighted by molar-refractivity contribution is 7.89. The Bertz CT molecular complexity index is 312. The van der Waals surface area contributed by atoms with Gasteiger partial charge in [0.15, 0.2) is 0 Å². The van der Waals surface area contributed by atoms with Gasteiger partial charge in [0.25, 0.3) is 0 Å². The van der Waals surface area contributed by atoms with Gasteiger partial charge in [0.05, 0.1) is 11.6 Å². The Balaban J connectivity index is 4.59. The third-order valence-electron chi connectivity index (χ3n) is 2.05. The zero-order chi connectivity index (χ0) is 12.8. The van der Waals surface area contributed by atoms with Crippen LogP contribution in [0.1, 0.15) is 33.6 Å². The van der Waals surface area contributed by atoms with Gasteiger partial charge in [0, 0.05) is 19.5 Å². The van der Waals surface area contributed by atoms with E-state index in [1.807, 2.05) is 20.8 Å². The van der Waals surface area contributed by atoms with Gasteiger partial charge in [0.1, 0.15) is 0 Å². The summed E-state index contributed by atoms with van der Waals surface area (Å²) in [4.78, 5) is 0. The molecule has 0 atom stereocenters. The highest BCUT2D eigenvalue weighted by atomic mass is 32.2. The lowest BCUT2D eigenvalue weighted by molar-refractivity contribution is 0.374. The smallest absolute Gasteiger partial charge is 0.214 e. The minimum atomic E-state index is -3.18. The largest absolute Gasteiger partial charge is 0.388 e. The molecule has 6 heteroatoms. The summed E-state index contributed by atoms with van der Waals surface area (Å²) < 4.78 is 25.2. The van der Waals surface area contributed by atoms with Crippen molar-refractivity contribution in [3.63, 3.8) is 0 Å². The van der Waals surface area contributed by atoms with Gasteiger partial charge in [-0.05, 0) is 12.3 Å². The molecule has 0 fully saturated rings. The van der Waals surface area contributed by atoms with Gasteiger partial charge in [-0.3, -0.25) is 5.41 Å². The Morgan fingerprint density at radius 1 is 1.44 bits per heavy atom. The number of amidine groups is 1. The van der Waals surface area contributed by atoms with Crippen LogP contribution < -0.4 is 5.73 Å². The van der Waals surface area contributed by atoms with E-state index in [9.17, 15) is 8.42 Å². The zero-order valence-corrected chi connectivity index (χ0v) is 11.2. The highest BCUT2D eigenvalue weighted by Gasteiger charge is 2.21. The van der Waals surface area contributed by atoms with Crippen LogP contribution in [0, 0.1) is 11.3 Å². The number of nitrogens with two attached hydrogens (primary N) is 1. The fourth-order valence-electron chi connectivity index (χ4n) is 1.38. The first kappa shape index (κ1) is 15.4. The molecular weight excluding hydrogens is 226 g/mol. The third-order valence-corrected chi connectivity index (χ3v) is 4.10. The number of rotatable bonds is 8. The van der Waals surface area contributed by atoms with Gasteiger partial charge in [-0.2, -0.15) is 0 Å². The fraction of sp³-hybridized carbons (Fsp3) is 0.900. The topological polar surface area (TPSA) is 87.2 Å². The van der Waals surface area contributed by atoms with E-state index >= 15 is 0 Å². The molecule has 3 N–H and O–H groups in total. The van der Waals surface area contributed by atoms with E-state index in [1.165, 1.54) is 4.31 Å². The van der Waals surface area contributed by atoms with Crippen molar-refractivity contribution >= 4 is 15.9 Å². The van der Waals surface area contributed by atoms with Crippen molar-refractivity contribution in [2.24, 2.45) is 11.7 Å². The summed E-state index contributed by atoms with van der Waals surface area (Å²) in [5.41, 5.74) is 5.25. The van der Waals surface area contributed by atoms with Crippen LogP contribution in [0.5, 0.6) is 0 Å². The van der Waals surface area contributed by atoms with Crippen molar-refractivity contribution < 1.29 is 8.42 Å². The van der Waals surface area contributed by atoms with Crippen molar-refractivity contribution in [1.82, 2.24) is 4.31 Å². The van der Waals surface area contributed by atoms with E-state index < -0.39 is 10.0 Å². The molecule has 0 aromatic heterocycles. The lowest BCUT2D eigenvalue weighted by atomic mass is 10.2. The number of hydrogen-bond donors (Lipinski definition) is 2. The molecule has 5 nitrogen and oxygen atoms in total. The molecule has 0 spiro atoms. The summed E-state index contributed by atoms with van der Waals surface area (Å²) in [6.45, 7) is 6.60. The first-order valence-electron chi connectivity index (χ1n) is 5.60. The van der Waals surface area contributed by atoms with Crippen molar-refractivity contribution in [2.75, 3.05) is 18.8 Å². The van der Waals surface area contributed by atoms with Crippen molar-refractivity contribution in [2.45, 2.75) is 33.6 Å². The van der Waals surface area contributed by atoms with E-state index in [2.05, 4.69) is 0 Å². The second-order valence-corrected chi connectivity index (χ2v) is 6.43. The van der Waals surface area contributed by atoms with Crippen LogP contribution >= 0.6 is 0 Å². The molecule has 0 heterocycles. The van der Waals surface area contributed by atoms with Crippen LogP contribution in [0.2, 0.25) is 0 Å². The second-order valence-electron chi connectivity index (χ2n) is 4.34. The Labute approximate surface area is 98.6 Å². The lowest BCUT2D eigenvalue weighted by Gasteiger charge is -2.23. The monoisotopic (exact) mass is 249 g/mol. The van der Waals surface area contributed by atoms with Crippen LogP contribution in [-0.4, -0.2) is 37.4 Å². The van der Waals surface area contributed by atoms with Crippen LogP contribution in [0.15, 0.2) is 0 Å². The minimum absolute atomic E-state index is 0.0282. The summed E-state index contributed by atoms with van der Waals surface area (Å²) >= 11 is 0. The standard InChI is InChI=1S/C10H23N3O2S/c1-4-7-16(14,15)13(8-9(2)3)6-5-10(11)12/h9H,4-8H2,1-3H3,(H3,11,12). The summed E-state index contributed by atoms with van der Waals surface area (Å²) in [5, 5.41) is 7.13. The summed E-state index contributed by atoms with van der Waals surface area (Å²) in [7, 11) is -3.18. The van der Waals surface area contributed by atoms with Crippen LogP contribution in [0.25, 0.3) is 0 Å². The van der Waals surface area contributed by atoms with Gasteiger partial charge in [-0.15, -0.1) is 0 Å². The first-order valence-corrected chi connectivity index (χ1v) is 7.21. The quantitative estimate of drug-likeness (QED) is 0.497. The molecular formula is C10H23N3O2S. The van der Waals surface area contributed by atoms with Crippen molar-refractivity contribution in [1.29, 1.82) is 5.41 Å².